The molecule has 0 amide bonds. The Kier molecular flexibility index (Phi) is 5.13. The molecule has 6 rings (SSSR count). The van der Waals surface area contributed by atoms with Crippen LogP contribution in [0, 0.1) is 5.92 Å². The summed E-state index contributed by atoms with van der Waals surface area (Å²) in [6.45, 7) is 3.45. The van der Waals surface area contributed by atoms with Gasteiger partial charge < -0.3 is 14.2 Å². The van der Waals surface area contributed by atoms with Crippen LogP contribution in [0.15, 0.2) is 66.7 Å². The molecule has 0 spiro atoms. The first-order valence-electron chi connectivity index (χ1n) is 12.1. The van der Waals surface area contributed by atoms with Crippen molar-refractivity contribution in [3.05, 3.63) is 94.6 Å². The number of aryl methyl sites for hydroxylation is 1. The van der Waals surface area contributed by atoms with Crippen molar-refractivity contribution in [1.29, 1.82) is 0 Å². The average molecular weight is 439 g/mol. The van der Waals surface area contributed by atoms with Crippen LogP contribution in [0.3, 0.4) is 0 Å². The number of methoxy groups -OCH3 is 1. The zero-order chi connectivity index (χ0) is 22.4. The minimum Gasteiger partial charge on any atom is -0.496 e. The molecule has 0 radical (unpaired) electrons. The van der Waals surface area contributed by atoms with Gasteiger partial charge in [-0.25, -0.2) is 0 Å². The minimum atomic E-state index is 0.468. The molecule has 1 heterocycles. The van der Waals surface area contributed by atoms with Gasteiger partial charge in [-0.05, 0) is 88.6 Å². The Morgan fingerprint density at radius 2 is 1.73 bits per heavy atom. The van der Waals surface area contributed by atoms with Crippen molar-refractivity contribution in [2.75, 3.05) is 20.3 Å². The summed E-state index contributed by atoms with van der Waals surface area (Å²) >= 11 is 0. The molecule has 3 aliphatic rings. The Balaban J connectivity index is 1.41. The second kappa shape index (κ2) is 8.30. The molecule has 0 saturated carbocycles. The normalized spacial score (nSPS) is 22.8. The van der Waals surface area contributed by atoms with Crippen LogP contribution in [0.4, 0.5) is 0 Å². The largest absolute Gasteiger partial charge is 0.496 e. The molecule has 0 saturated heterocycles. The molecule has 2 aliphatic carbocycles. The molecule has 0 fully saturated rings. The van der Waals surface area contributed by atoms with Crippen molar-refractivity contribution in [1.82, 2.24) is 0 Å². The summed E-state index contributed by atoms with van der Waals surface area (Å²) in [5, 5.41) is 0. The van der Waals surface area contributed by atoms with E-state index in [0.717, 1.165) is 36.5 Å². The minimum absolute atomic E-state index is 0.468. The Morgan fingerprint density at radius 3 is 2.58 bits per heavy atom. The molecular weight excluding hydrogens is 408 g/mol. The van der Waals surface area contributed by atoms with Crippen molar-refractivity contribution >= 4 is 5.57 Å². The number of rotatable bonds is 4. The van der Waals surface area contributed by atoms with E-state index in [9.17, 15) is 0 Å². The fourth-order valence-corrected chi connectivity index (χ4v) is 6.06. The fraction of sp³-hybridized carbons (Fsp3) is 0.333. The van der Waals surface area contributed by atoms with Crippen molar-refractivity contribution < 1.29 is 14.2 Å². The SMILES string of the molecule is CCc1cc(C2Cc3ccccc3[C@@H]3CC(c4ccc5c(c4)OCCO5)=CC23)ccc1OC. The van der Waals surface area contributed by atoms with Crippen LogP contribution in [0.2, 0.25) is 0 Å². The van der Waals surface area contributed by atoms with Crippen LogP contribution in [0.5, 0.6) is 17.2 Å². The predicted molar refractivity (Wildman–Crippen MR) is 132 cm³/mol. The second-order valence-corrected chi connectivity index (χ2v) is 9.37. The highest BCUT2D eigenvalue weighted by Gasteiger charge is 2.40. The van der Waals surface area contributed by atoms with Gasteiger partial charge in [0.2, 0.25) is 0 Å². The molecule has 3 aromatic carbocycles. The van der Waals surface area contributed by atoms with Crippen molar-refractivity contribution in [3.63, 3.8) is 0 Å². The summed E-state index contributed by atoms with van der Waals surface area (Å²) < 4.78 is 17.2. The average Bonchev–Trinajstić information content (AvgIpc) is 3.33. The molecule has 3 heteroatoms. The Bertz CT molecular complexity index is 1220. The number of hydrogen-bond donors (Lipinski definition) is 0. The van der Waals surface area contributed by atoms with E-state index in [0.29, 0.717) is 31.0 Å². The molecule has 168 valence electrons. The first kappa shape index (κ1) is 20.4. The highest BCUT2D eigenvalue weighted by Crippen LogP contribution is 2.54. The Morgan fingerprint density at radius 1 is 0.879 bits per heavy atom. The molecule has 33 heavy (non-hydrogen) atoms. The third-order valence-electron chi connectivity index (χ3n) is 7.68. The van der Waals surface area contributed by atoms with Gasteiger partial charge in [0.15, 0.2) is 11.5 Å². The Labute approximate surface area is 196 Å². The molecule has 0 aromatic heterocycles. The summed E-state index contributed by atoms with van der Waals surface area (Å²) in [6, 6.07) is 22.3. The van der Waals surface area contributed by atoms with E-state index >= 15 is 0 Å². The summed E-state index contributed by atoms with van der Waals surface area (Å²) in [5.41, 5.74) is 8.42. The van der Waals surface area contributed by atoms with Gasteiger partial charge in [-0.3, -0.25) is 0 Å². The third-order valence-corrected chi connectivity index (χ3v) is 7.68. The van der Waals surface area contributed by atoms with E-state index in [-0.39, 0.29) is 0 Å². The van der Waals surface area contributed by atoms with E-state index < -0.39 is 0 Å². The molecule has 0 bridgehead atoms. The van der Waals surface area contributed by atoms with Crippen molar-refractivity contribution in [2.45, 2.75) is 38.0 Å². The summed E-state index contributed by atoms with van der Waals surface area (Å²) in [5.74, 6) is 4.18. The van der Waals surface area contributed by atoms with Gasteiger partial charge in [0.25, 0.3) is 0 Å². The van der Waals surface area contributed by atoms with Crippen LogP contribution in [0.1, 0.15) is 53.0 Å². The highest BCUT2D eigenvalue weighted by atomic mass is 16.6. The van der Waals surface area contributed by atoms with Crippen LogP contribution in [-0.2, 0) is 12.8 Å². The van der Waals surface area contributed by atoms with Gasteiger partial charge in [0, 0.05) is 0 Å². The highest BCUT2D eigenvalue weighted by molar-refractivity contribution is 5.72. The van der Waals surface area contributed by atoms with Crippen LogP contribution < -0.4 is 14.2 Å². The predicted octanol–water partition coefficient (Wildman–Crippen LogP) is 6.56. The van der Waals surface area contributed by atoms with Gasteiger partial charge in [0.05, 0.1) is 7.11 Å². The molecule has 1 aliphatic heterocycles. The number of allylic oxidation sites excluding steroid dienone is 2. The lowest BCUT2D eigenvalue weighted by Crippen LogP contribution is -2.25. The van der Waals surface area contributed by atoms with Crippen molar-refractivity contribution in [3.8, 4) is 17.2 Å². The fourth-order valence-electron chi connectivity index (χ4n) is 6.06. The first-order chi connectivity index (χ1) is 16.2. The second-order valence-electron chi connectivity index (χ2n) is 9.37. The zero-order valence-corrected chi connectivity index (χ0v) is 19.3. The lowest BCUT2D eigenvalue weighted by atomic mass is 9.68. The standard InChI is InChI=1S/C30H30O3/c1-3-19-14-22(9-10-28(19)31-2)25-15-21-6-4-5-7-24(21)26-16-23(17-27(25)26)20-8-11-29-30(18-20)33-13-12-32-29/h4-11,14,17-18,25-27H,3,12-13,15-16H2,1-2H3/t25?,26-,27?/m0/s1. The van der Waals surface area contributed by atoms with Gasteiger partial charge in [0.1, 0.15) is 19.0 Å². The molecule has 3 aromatic rings. The first-order valence-corrected chi connectivity index (χ1v) is 12.1. The Hall–Kier alpha value is -3.20. The molecule has 3 atom stereocenters. The van der Waals surface area contributed by atoms with E-state index in [1.807, 2.05) is 0 Å². The van der Waals surface area contributed by atoms with E-state index in [1.54, 1.807) is 7.11 Å². The maximum Gasteiger partial charge on any atom is 0.161 e. The maximum absolute atomic E-state index is 5.87. The summed E-state index contributed by atoms with van der Waals surface area (Å²) in [4.78, 5) is 0. The summed E-state index contributed by atoms with van der Waals surface area (Å²) in [6.07, 6.45) is 5.67. The topological polar surface area (TPSA) is 27.7 Å². The monoisotopic (exact) mass is 438 g/mol. The van der Waals surface area contributed by atoms with Crippen LogP contribution in [-0.4, -0.2) is 20.3 Å². The van der Waals surface area contributed by atoms with E-state index in [2.05, 4.69) is 73.7 Å². The molecule has 3 nitrogen and oxygen atoms in total. The molecular formula is C30H30O3. The molecule has 0 N–H and O–H groups in total. The van der Waals surface area contributed by atoms with Crippen molar-refractivity contribution in [2.24, 2.45) is 5.92 Å². The number of fused-ring (bicyclic) bond motifs is 4. The third kappa shape index (κ3) is 3.51. The maximum atomic E-state index is 5.87. The quantitative estimate of drug-likeness (QED) is 0.462. The number of ether oxygens (including phenoxy) is 3. The van der Waals surface area contributed by atoms with Gasteiger partial charge in [-0.15, -0.1) is 0 Å². The lowest BCUT2D eigenvalue weighted by molar-refractivity contribution is 0.171. The van der Waals surface area contributed by atoms with Gasteiger partial charge in [-0.1, -0.05) is 55.5 Å². The summed E-state index contributed by atoms with van der Waals surface area (Å²) in [7, 11) is 1.76. The number of benzene rings is 3. The lowest BCUT2D eigenvalue weighted by Gasteiger charge is -2.36. The molecule has 2 unspecified atom stereocenters. The smallest absolute Gasteiger partial charge is 0.161 e. The van der Waals surface area contributed by atoms with E-state index in [4.69, 9.17) is 14.2 Å². The van der Waals surface area contributed by atoms with Gasteiger partial charge >= 0.3 is 0 Å². The zero-order valence-electron chi connectivity index (χ0n) is 19.3. The van der Waals surface area contributed by atoms with Crippen LogP contribution in [0.25, 0.3) is 5.57 Å². The van der Waals surface area contributed by atoms with Gasteiger partial charge in [-0.2, -0.15) is 0 Å². The van der Waals surface area contributed by atoms with E-state index in [1.165, 1.54) is 33.4 Å². The van der Waals surface area contributed by atoms with Crippen LogP contribution >= 0.6 is 0 Å². The number of hydrogen-bond acceptors (Lipinski definition) is 3.